The highest BCUT2D eigenvalue weighted by atomic mass is 16.1. The highest BCUT2D eigenvalue weighted by Gasteiger charge is 2.13. The van der Waals surface area contributed by atoms with Gasteiger partial charge in [0.05, 0.1) is 5.69 Å². The third kappa shape index (κ3) is 4.95. The topological polar surface area (TPSA) is 46.9 Å². The molecule has 0 aliphatic rings. The number of hydrogen-bond donors (Lipinski definition) is 1. The number of carbonyl (C=O) groups excluding carboxylic acids is 1. The third-order valence-corrected chi connectivity index (χ3v) is 4.28. The second-order valence-electron chi connectivity index (χ2n) is 6.99. The molecule has 0 bridgehead atoms. The number of benzene rings is 1. The minimum Gasteiger partial charge on any atom is -0.352 e. The van der Waals surface area contributed by atoms with Crippen LogP contribution in [0.4, 0.5) is 0 Å². The molecule has 2 rings (SSSR count). The molecule has 1 aromatic carbocycles. The molecule has 0 unspecified atom stereocenters. The van der Waals surface area contributed by atoms with E-state index in [4.69, 9.17) is 0 Å². The number of nitrogens with zero attached hydrogens (tertiary/aromatic N) is 2. The summed E-state index contributed by atoms with van der Waals surface area (Å²) < 4.78 is 2.07. The van der Waals surface area contributed by atoms with E-state index in [9.17, 15) is 4.79 Å². The minimum absolute atomic E-state index is 0.0889. The van der Waals surface area contributed by atoms with E-state index in [-0.39, 0.29) is 5.91 Å². The van der Waals surface area contributed by atoms with Gasteiger partial charge < -0.3 is 5.32 Å². The van der Waals surface area contributed by atoms with Gasteiger partial charge in [-0.2, -0.15) is 5.10 Å². The Hall–Kier alpha value is -2.10. The van der Waals surface area contributed by atoms with E-state index in [1.54, 1.807) is 0 Å². The number of aryl methyl sites for hydroxylation is 2. The molecule has 1 N–H and O–H groups in total. The van der Waals surface area contributed by atoms with Crippen LogP contribution >= 0.6 is 0 Å². The van der Waals surface area contributed by atoms with Gasteiger partial charge in [0, 0.05) is 25.2 Å². The Balaban J connectivity index is 1.87. The average Bonchev–Trinajstić information content (AvgIpc) is 2.78. The Bertz CT molecular complexity index is 684. The van der Waals surface area contributed by atoms with Crippen molar-refractivity contribution in [1.82, 2.24) is 15.1 Å². The fourth-order valence-corrected chi connectivity index (χ4v) is 2.85. The van der Waals surface area contributed by atoms with Crippen LogP contribution in [0.2, 0.25) is 0 Å². The Kier molecular flexibility index (Phi) is 6.18. The lowest BCUT2D eigenvalue weighted by atomic mass is 10.1. The van der Waals surface area contributed by atoms with E-state index in [1.165, 1.54) is 16.8 Å². The van der Waals surface area contributed by atoms with Crippen molar-refractivity contribution in [3.8, 4) is 0 Å². The first-order valence-electron chi connectivity index (χ1n) is 8.72. The molecule has 1 heterocycles. The zero-order valence-electron chi connectivity index (χ0n) is 15.5. The molecule has 130 valence electrons. The molecule has 0 spiro atoms. The van der Waals surface area contributed by atoms with E-state index in [1.807, 2.05) is 6.92 Å². The van der Waals surface area contributed by atoms with Gasteiger partial charge in [0.15, 0.2) is 0 Å². The molecule has 1 aromatic heterocycles. The first-order valence-corrected chi connectivity index (χ1v) is 8.72. The van der Waals surface area contributed by atoms with E-state index in [0.717, 1.165) is 24.2 Å². The summed E-state index contributed by atoms with van der Waals surface area (Å²) >= 11 is 0. The number of amides is 1. The van der Waals surface area contributed by atoms with Crippen molar-refractivity contribution in [2.24, 2.45) is 5.92 Å². The molecule has 0 aliphatic heterocycles. The van der Waals surface area contributed by atoms with Gasteiger partial charge in [-0.25, -0.2) is 0 Å². The van der Waals surface area contributed by atoms with Crippen molar-refractivity contribution >= 4 is 5.91 Å². The van der Waals surface area contributed by atoms with E-state index < -0.39 is 0 Å². The lowest BCUT2D eigenvalue weighted by Gasteiger charge is -2.08. The normalized spacial score (nSPS) is 11.1. The monoisotopic (exact) mass is 327 g/mol. The number of rotatable bonds is 7. The zero-order chi connectivity index (χ0) is 17.7. The SMILES string of the molecule is Cc1ccc(CNC(=O)CCc2c(C)nn(CC(C)C)c2C)cc1. The van der Waals surface area contributed by atoms with Gasteiger partial charge in [0.2, 0.25) is 5.91 Å². The van der Waals surface area contributed by atoms with Crippen LogP contribution in [0, 0.1) is 26.7 Å². The predicted octanol–water partition coefficient (Wildman–Crippen LogP) is 3.71. The maximum atomic E-state index is 12.1. The summed E-state index contributed by atoms with van der Waals surface area (Å²) in [6, 6.07) is 8.24. The number of carbonyl (C=O) groups is 1. The summed E-state index contributed by atoms with van der Waals surface area (Å²) in [5.74, 6) is 0.652. The summed E-state index contributed by atoms with van der Waals surface area (Å²) in [6.07, 6.45) is 1.25. The highest BCUT2D eigenvalue weighted by Crippen LogP contribution is 2.16. The zero-order valence-corrected chi connectivity index (χ0v) is 15.5. The molecular formula is C20H29N3O. The molecule has 0 aliphatic carbocycles. The van der Waals surface area contributed by atoms with Crippen LogP contribution in [0.1, 0.15) is 48.3 Å². The van der Waals surface area contributed by atoms with Gasteiger partial charge in [-0.15, -0.1) is 0 Å². The van der Waals surface area contributed by atoms with E-state index in [0.29, 0.717) is 18.9 Å². The Morgan fingerprint density at radius 2 is 1.83 bits per heavy atom. The number of hydrogen-bond acceptors (Lipinski definition) is 2. The first kappa shape index (κ1) is 18.2. The Morgan fingerprint density at radius 1 is 1.17 bits per heavy atom. The van der Waals surface area contributed by atoms with Crippen molar-refractivity contribution in [1.29, 1.82) is 0 Å². The molecule has 0 saturated heterocycles. The third-order valence-electron chi connectivity index (χ3n) is 4.28. The van der Waals surface area contributed by atoms with E-state index >= 15 is 0 Å². The summed E-state index contributed by atoms with van der Waals surface area (Å²) in [5.41, 5.74) is 5.80. The molecule has 0 radical (unpaired) electrons. The van der Waals surface area contributed by atoms with Gasteiger partial charge in [-0.05, 0) is 44.2 Å². The van der Waals surface area contributed by atoms with Crippen molar-refractivity contribution < 1.29 is 4.79 Å². The van der Waals surface area contributed by atoms with Crippen LogP contribution in [-0.2, 0) is 24.3 Å². The quantitative estimate of drug-likeness (QED) is 0.842. The molecule has 0 atom stereocenters. The summed E-state index contributed by atoms with van der Waals surface area (Å²) in [4.78, 5) is 12.1. The molecule has 4 heteroatoms. The summed E-state index contributed by atoms with van der Waals surface area (Å²) in [7, 11) is 0. The number of aromatic nitrogens is 2. The lowest BCUT2D eigenvalue weighted by molar-refractivity contribution is -0.121. The predicted molar refractivity (Wildman–Crippen MR) is 97.9 cm³/mol. The van der Waals surface area contributed by atoms with Gasteiger partial charge in [-0.1, -0.05) is 43.7 Å². The lowest BCUT2D eigenvalue weighted by Crippen LogP contribution is -2.23. The van der Waals surface area contributed by atoms with Gasteiger partial charge in [0.1, 0.15) is 0 Å². The standard InChI is InChI=1S/C20H29N3O/c1-14(2)13-23-17(5)19(16(4)22-23)10-11-20(24)21-12-18-8-6-15(3)7-9-18/h6-9,14H,10-13H2,1-5H3,(H,21,24). The summed E-state index contributed by atoms with van der Waals surface area (Å²) in [6.45, 7) is 12.1. The molecule has 0 saturated carbocycles. The average molecular weight is 327 g/mol. The van der Waals surface area contributed by atoms with Crippen molar-refractivity contribution in [3.05, 3.63) is 52.3 Å². The maximum absolute atomic E-state index is 12.1. The van der Waals surface area contributed by atoms with Gasteiger partial charge >= 0.3 is 0 Å². The van der Waals surface area contributed by atoms with E-state index in [2.05, 4.69) is 67.1 Å². The van der Waals surface area contributed by atoms with Crippen LogP contribution in [0.3, 0.4) is 0 Å². The van der Waals surface area contributed by atoms with Crippen molar-refractivity contribution in [2.45, 2.75) is 60.5 Å². The Labute approximate surface area is 145 Å². The largest absolute Gasteiger partial charge is 0.352 e. The maximum Gasteiger partial charge on any atom is 0.220 e. The molecule has 24 heavy (non-hydrogen) atoms. The molecule has 1 amide bonds. The van der Waals surface area contributed by atoms with Crippen LogP contribution < -0.4 is 5.32 Å². The van der Waals surface area contributed by atoms with Crippen LogP contribution in [0.25, 0.3) is 0 Å². The van der Waals surface area contributed by atoms with Crippen LogP contribution in [-0.4, -0.2) is 15.7 Å². The highest BCUT2D eigenvalue weighted by molar-refractivity contribution is 5.76. The molecule has 2 aromatic rings. The second-order valence-corrected chi connectivity index (χ2v) is 6.99. The van der Waals surface area contributed by atoms with Gasteiger partial charge in [0.25, 0.3) is 0 Å². The summed E-state index contributed by atoms with van der Waals surface area (Å²) in [5, 5.41) is 7.62. The molecular weight excluding hydrogens is 298 g/mol. The molecule has 4 nitrogen and oxygen atoms in total. The molecule has 0 fully saturated rings. The fourth-order valence-electron chi connectivity index (χ4n) is 2.85. The smallest absolute Gasteiger partial charge is 0.220 e. The van der Waals surface area contributed by atoms with Crippen LogP contribution in [0.5, 0.6) is 0 Å². The van der Waals surface area contributed by atoms with Gasteiger partial charge in [-0.3, -0.25) is 9.48 Å². The van der Waals surface area contributed by atoms with Crippen LogP contribution in [0.15, 0.2) is 24.3 Å². The minimum atomic E-state index is 0.0889. The Morgan fingerprint density at radius 3 is 2.46 bits per heavy atom. The van der Waals surface area contributed by atoms with Crippen molar-refractivity contribution in [2.75, 3.05) is 0 Å². The van der Waals surface area contributed by atoms with Crippen molar-refractivity contribution in [3.63, 3.8) is 0 Å². The fraction of sp³-hybridized carbons (Fsp3) is 0.500. The number of nitrogens with one attached hydrogen (secondary N) is 1. The second kappa shape index (κ2) is 8.13. The first-order chi connectivity index (χ1) is 11.4.